The van der Waals surface area contributed by atoms with Crippen LogP contribution in [0.25, 0.3) is 0 Å². The fourth-order valence-electron chi connectivity index (χ4n) is 4.48. The Bertz CT molecular complexity index is 546. The number of nitrogens with one attached hydrogen (secondary N) is 2. The van der Waals surface area contributed by atoms with Gasteiger partial charge in [0, 0.05) is 38.0 Å². The number of carbonyl (C=O) groups excluding carboxylic acids is 3. The van der Waals surface area contributed by atoms with Gasteiger partial charge in [-0.1, -0.05) is 13.8 Å². The Hall–Kier alpha value is -1.47. The van der Waals surface area contributed by atoms with Gasteiger partial charge in [-0.2, -0.15) is 0 Å². The molecule has 168 valence electrons. The maximum absolute atomic E-state index is 13.2. The first-order valence-electron chi connectivity index (χ1n) is 11.2. The van der Waals surface area contributed by atoms with E-state index in [2.05, 4.69) is 29.4 Å². The second-order valence-electron chi connectivity index (χ2n) is 8.56. The number of hydrogen-bond donors (Lipinski definition) is 2. The second-order valence-corrected chi connectivity index (χ2v) is 8.56. The molecule has 0 saturated heterocycles. The molecule has 0 aromatic heterocycles. The zero-order valence-corrected chi connectivity index (χ0v) is 19.3. The molecule has 1 aliphatic carbocycles. The molecule has 7 heteroatoms. The third-order valence-corrected chi connectivity index (χ3v) is 6.66. The first-order valence-corrected chi connectivity index (χ1v) is 11.2. The van der Waals surface area contributed by atoms with E-state index in [9.17, 15) is 14.4 Å². The first kappa shape index (κ1) is 25.6. The van der Waals surface area contributed by atoms with Crippen molar-refractivity contribution in [2.45, 2.75) is 71.3 Å². The van der Waals surface area contributed by atoms with Gasteiger partial charge in [-0.3, -0.25) is 14.5 Å². The highest BCUT2D eigenvalue weighted by Gasteiger charge is 2.33. The van der Waals surface area contributed by atoms with E-state index in [4.69, 9.17) is 0 Å². The average molecular weight is 411 g/mol. The van der Waals surface area contributed by atoms with Crippen LogP contribution in [-0.4, -0.2) is 73.8 Å². The normalized spacial score (nSPS) is 18.6. The van der Waals surface area contributed by atoms with Crippen molar-refractivity contribution in [1.29, 1.82) is 0 Å². The van der Waals surface area contributed by atoms with E-state index in [-0.39, 0.29) is 29.3 Å². The fraction of sp³-hybridized carbons (Fsp3) is 0.864. The van der Waals surface area contributed by atoms with Crippen molar-refractivity contribution >= 4 is 17.7 Å². The summed E-state index contributed by atoms with van der Waals surface area (Å²) < 4.78 is 0. The molecule has 0 bridgehead atoms. The predicted octanol–water partition coefficient (Wildman–Crippen LogP) is 2.65. The maximum atomic E-state index is 13.2. The van der Waals surface area contributed by atoms with Crippen LogP contribution in [0.5, 0.6) is 0 Å². The van der Waals surface area contributed by atoms with E-state index < -0.39 is 0 Å². The number of Topliss-reactive ketones (excluding diaryl/α,β-unsaturated/α-hetero) is 1. The Morgan fingerprint density at radius 3 is 2.34 bits per heavy atom. The quantitative estimate of drug-likeness (QED) is 0.547. The first-order chi connectivity index (χ1) is 13.7. The van der Waals surface area contributed by atoms with Crippen molar-refractivity contribution in [2.24, 2.45) is 11.8 Å². The molecule has 0 aliphatic heterocycles. The molecule has 0 radical (unpaired) electrons. The van der Waals surface area contributed by atoms with Crippen LogP contribution in [0.15, 0.2) is 0 Å². The van der Waals surface area contributed by atoms with E-state index in [0.29, 0.717) is 44.7 Å². The van der Waals surface area contributed by atoms with Gasteiger partial charge in [-0.15, -0.1) is 0 Å². The van der Waals surface area contributed by atoms with Gasteiger partial charge in [0.25, 0.3) is 0 Å². The van der Waals surface area contributed by atoms with Crippen LogP contribution in [0.4, 0.5) is 4.79 Å². The molecule has 3 amide bonds. The highest BCUT2D eigenvalue weighted by molar-refractivity contribution is 5.95. The number of amides is 3. The number of imide groups is 1. The standard InChI is InChI=1S/C22H42N4O3/c1-7-22(8-2,25(5)6)16-24-21(29)26(9-3)20(28)18(15-23-4)13-17-11-10-12-19(27)14-17/h17-18,23H,7-16H2,1-6H3,(H,24,29)/t17-,18?/m1/s1. The second kappa shape index (κ2) is 12.3. The topological polar surface area (TPSA) is 81.8 Å². The van der Waals surface area contributed by atoms with Gasteiger partial charge in [0.15, 0.2) is 0 Å². The van der Waals surface area contributed by atoms with Crippen LogP contribution in [0.3, 0.4) is 0 Å². The Labute approximate surface area is 177 Å². The molecule has 1 saturated carbocycles. The lowest BCUT2D eigenvalue weighted by Gasteiger charge is -2.39. The monoisotopic (exact) mass is 410 g/mol. The van der Waals surface area contributed by atoms with Gasteiger partial charge in [-0.25, -0.2) is 4.79 Å². The summed E-state index contributed by atoms with van der Waals surface area (Å²) >= 11 is 0. The number of carbonyl (C=O) groups is 3. The van der Waals surface area contributed by atoms with Crippen LogP contribution in [0.2, 0.25) is 0 Å². The Morgan fingerprint density at radius 2 is 1.86 bits per heavy atom. The zero-order chi connectivity index (χ0) is 22.0. The fourth-order valence-corrected chi connectivity index (χ4v) is 4.48. The lowest BCUT2D eigenvalue weighted by Crippen LogP contribution is -2.55. The number of likely N-dealkylation sites (N-methyl/N-ethyl adjacent to an activating group) is 1. The average Bonchev–Trinajstić information content (AvgIpc) is 2.69. The van der Waals surface area contributed by atoms with Crippen LogP contribution >= 0.6 is 0 Å². The SMILES string of the molecule is CCN(C(=O)NCC(CC)(CC)N(C)C)C(=O)C(CNC)C[C@H]1CCCC(=O)C1. The largest absolute Gasteiger partial charge is 0.336 e. The van der Waals surface area contributed by atoms with E-state index in [1.54, 1.807) is 0 Å². The molecular weight excluding hydrogens is 368 g/mol. The third-order valence-electron chi connectivity index (χ3n) is 6.66. The van der Waals surface area contributed by atoms with Crippen molar-refractivity contribution in [1.82, 2.24) is 20.4 Å². The number of urea groups is 1. The van der Waals surface area contributed by atoms with Crippen molar-refractivity contribution in [3.63, 3.8) is 0 Å². The van der Waals surface area contributed by atoms with Crippen molar-refractivity contribution in [3.05, 3.63) is 0 Å². The summed E-state index contributed by atoms with van der Waals surface area (Å²) in [5.74, 6) is 0.0847. The minimum Gasteiger partial charge on any atom is -0.336 e. The van der Waals surface area contributed by atoms with Gasteiger partial charge in [0.2, 0.25) is 5.91 Å². The van der Waals surface area contributed by atoms with Crippen LogP contribution in [-0.2, 0) is 9.59 Å². The van der Waals surface area contributed by atoms with Crippen LogP contribution < -0.4 is 10.6 Å². The summed E-state index contributed by atoms with van der Waals surface area (Å²) in [5.41, 5.74) is -0.120. The molecule has 1 aliphatic rings. The molecule has 2 N–H and O–H groups in total. The Morgan fingerprint density at radius 1 is 1.21 bits per heavy atom. The van der Waals surface area contributed by atoms with Gasteiger partial charge in [0.1, 0.15) is 5.78 Å². The molecule has 2 atom stereocenters. The summed E-state index contributed by atoms with van der Waals surface area (Å²) in [4.78, 5) is 41.3. The molecule has 0 aromatic rings. The molecule has 29 heavy (non-hydrogen) atoms. The predicted molar refractivity (Wildman–Crippen MR) is 117 cm³/mol. The molecule has 1 rings (SSSR count). The van der Waals surface area contributed by atoms with Crippen LogP contribution in [0.1, 0.15) is 65.7 Å². The summed E-state index contributed by atoms with van der Waals surface area (Å²) in [6.07, 6.45) is 5.58. The maximum Gasteiger partial charge on any atom is 0.324 e. The molecule has 0 spiro atoms. The zero-order valence-electron chi connectivity index (χ0n) is 19.3. The molecule has 7 nitrogen and oxygen atoms in total. The van der Waals surface area contributed by atoms with E-state index in [1.807, 2.05) is 28.1 Å². The van der Waals surface area contributed by atoms with E-state index in [1.165, 1.54) is 4.90 Å². The Balaban J connectivity index is 2.81. The summed E-state index contributed by atoms with van der Waals surface area (Å²) in [6.45, 7) is 7.42. The van der Waals surface area contributed by atoms with Crippen LogP contribution in [0, 0.1) is 11.8 Å². The minimum absolute atomic E-state index is 0.120. The molecule has 1 fully saturated rings. The summed E-state index contributed by atoms with van der Waals surface area (Å²) in [7, 11) is 5.86. The molecule has 1 unspecified atom stereocenters. The lowest BCUT2D eigenvalue weighted by molar-refractivity contribution is -0.133. The number of ketones is 1. The van der Waals surface area contributed by atoms with E-state index >= 15 is 0 Å². The summed E-state index contributed by atoms with van der Waals surface area (Å²) in [6, 6.07) is -0.327. The van der Waals surface area contributed by atoms with Crippen molar-refractivity contribution < 1.29 is 14.4 Å². The minimum atomic E-state index is -0.327. The number of rotatable bonds is 11. The van der Waals surface area contributed by atoms with Gasteiger partial charge >= 0.3 is 6.03 Å². The van der Waals surface area contributed by atoms with Crippen molar-refractivity contribution in [2.75, 3.05) is 40.8 Å². The smallest absolute Gasteiger partial charge is 0.324 e. The molecule has 0 heterocycles. The highest BCUT2D eigenvalue weighted by atomic mass is 16.2. The highest BCUT2D eigenvalue weighted by Crippen LogP contribution is 2.28. The Kier molecular flexibility index (Phi) is 10.8. The lowest BCUT2D eigenvalue weighted by atomic mass is 9.81. The number of nitrogens with zero attached hydrogens (tertiary/aromatic N) is 2. The molecular formula is C22H42N4O3. The summed E-state index contributed by atoms with van der Waals surface area (Å²) in [5, 5.41) is 6.08. The van der Waals surface area contributed by atoms with E-state index in [0.717, 1.165) is 25.7 Å². The molecule has 0 aromatic carbocycles. The van der Waals surface area contributed by atoms with Gasteiger partial charge in [0.05, 0.1) is 5.92 Å². The third kappa shape index (κ3) is 7.07. The van der Waals surface area contributed by atoms with Gasteiger partial charge < -0.3 is 15.5 Å². The number of hydrogen-bond acceptors (Lipinski definition) is 5. The van der Waals surface area contributed by atoms with Crippen molar-refractivity contribution in [3.8, 4) is 0 Å². The van der Waals surface area contributed by atoms with Gasteiger partial charge in [-0.05, 0) is 66.1 Å².